The summed E-state index contributed by atoms with van der Waals surface area (Å²) in [5, 5.41) is 11.8. The Kier molecular flexibility index (Phi) is 3.99. The lowest BCUT2D eigenvalue weighted by atomic mass is 9.87. The number of rotatable bonds is 1. The maximum Gasteiger partial charge on any atom is 0.407 e. The fourth-order valence-corrected chi connectivity index (χ4v) is 2.42. The normalized spacial score (nSPS) is 17.8. The number of fused-ring (bicyclic) bond motifs is 1. The van der Waals surface area contributed by atoms with E-state index in [0.717, 1.165) is 19.3 Å². The topological polar surface area (TPSA) is 62.1 Å². The van der Waals surface area contributed by atoms with E-state index in [0.29, 0.717) is 5.56 Å². The molecule has 1 aromatic carbocycles. The van der Waals surface area contributed by atoms with Gasteiger partial charge in [-0.3, -0.25) is 0 Å². The highest BCUT2D eigenvalue weighted by atomic mass is 16.6. The Balaban J connectivity index is 1.98. The summed E-state index contributed by atoms with van der Waals surface area (Å²) in [5.41, 5.74) is 2.64. The predicted octanol–water partition coefficient (Wildman–Crippen LogP) is 2.94. The molecule has 1 aliphatic carbocycles. The molecule has 0 saturated carbocycles. The fraction of sp³-hybridized carbons (Fsp3) is 0.500. The van der Waals surface area contributed by atoms with Crippen molar-refractivity contribution in [1.29, 1.82) is 5.26 Å². The molecule has 1 N–H and O–H groups in total. The van der Waals surface area contributed by atoms with Gasteiger partial charge in [0, 0.05) is 6.04 Å². The van der Waals surface area contributed by atoms with E-state index >= 15 is 0 Å². The van der Waals surface area contributed by atoms with Crippen LogP contribution >= 0.6 is 0 Å². The van der Waals surface area contributed by atoms with Gasteiger partial charge < -0.3 is 10.1 Å². The van der Waals surface area contributed by atoms with E-state index in [9.17, 15) is 4.79 Å². The summed E-state index contributed by atoms with van der Waals surface area (Å²) in [6.45, 7) is 5.56. The molecule has 0 saturated heterocycles. The van der Waals surface area contributed by atoms with Crippen molar-refractivity contribution in [3.63, 3.8) is 0 Å². The van der Waals surface area contributed by atoms with Crippen molar-refractivity contribution in [3.05, 3.63) is 34.9 Å². The van der Waals surface area contributed by atoms with Crippen molar-refractivity contribution in [2.45, 2.75) is 51.7 Å². The lowest BCUT2D eigenvalue weighted by Crippen LogP contribution is -2.41. The standard InChI is InChI=1S/C16H20N2O2/c1-16(2,3)20-15(19)18-14-7-6-12-8-11(10-17)4-5-13(12)9-14/h4-5,8,14H,6-7,9H2,1-3H3,(H,18,19)/t14-/m1/s1. The van der Waals surface area contributed by atoms with Gasteiger partial charge in [-0.25, -0.2) is 4.79 Å². The Labute approximate surface area is 119 Å². The third kappa shape index (κ3) is 3.74. The molecule has 20 heavy (non-hydrogen) atoms. The van der Waals surface area contributed by atoms with Crippen LogP contribution in [0.1, 0.15) is 43.9 Å². The van der Waals surface area contributed by atoms with Crippen LogP contribution in [0.5, 0.6) is 0 Å². The predicted molar refractivity (Wildman–Crippen MR) is 76.3 cm³/mol. The molecule has 2 rings (SSSR count). The molecule has 0 fully saturated rings. The molecule has 4 nitrogen and oxygen atoms in total. The second-order valence-electron chi connectivity index (χ2n) is 6.18. The summed E-state index contributed by atoms with van der Waals surface area (Å²) in [6, 6.07) is 8.01. The number of nitrogens with one attached hydrogen (secondary N) is 1. The van der Waals surface area contributed by atoms with E-state index in [1.165, 1.54) is 11.1 Å². The van der Waals surface area contributed by atoms with Gasteiger partial charge in [-0.1, -0.05) is 6.07 Å². The summed E-state index contributed by atoms with van der Waals surface area (Å²) >= 11 is 0. The van der Waals surface area contributed by atoms with Crippen LogP contribution in [-0.2, 0) is 17.6 Å². The van der Waals surface area contributed by atoms with Gasteiger partial charge in [0.1, 0.15) is 5.60 Å². The Hall–Kier alpha value is -2.02. The number of nitriles is 1. The molecule has 0 aliphatic heterocycles. The molecule has 1 aromatic rings. The molecule has 0 bridgehead atoms. The number of hydrogen-bond acceptors (Lipinski definition) is 3. The van der Waals surface area contributed by atoms with Gasteiger partial charge in [0.15, 0.2) is 0 Å². The average molecular weight is 272 g/mol. The van der Waals surface area contributed by atoms with Gasteiger partial charge in [0.25, 0.3) is 0 Å². The number of amides is 1. The minimum Gasteiger partial charge on any atom is -0.444 e. The SMILES string of the molecule is CC(C)(C)OC(=O)N[C@@H]1CCc2cc(C#N)ccc2C1. The minimum absolute atomic E-state index is 0.102. The Morgan fingerprint density at radius 1 is 1.40 bits per heavy atom. The Bertz CT molecular complexity index is 553. The van der Waals surface area contributed by atoms with Crippen molar-refractivity contribution in [2.24, 2.45) is 0 Å². The second-order valence-corrected chi connectivity index (χ2v) is 6.18. The van der Waals surface area contributed by atoms with E-state index < -0.39 is 5.60 Å². The lowest BCUT2D eigenvalue weighted by Gasteiger charge is -2.27. The molecule has 1 amide bonds. The van der Waals surface area contributed by atoms with Gasteiger partial charge in [0.2, 0.25) is 0 Å². The molecule has 1 aliphatic rings. The van der Waals surface area contributed by atoms with E-state index in [1.54, 1.807) is 0 Å². The van der Waals surface area contributed by atoms with Crippen molar-refractivity contribution in [2.75, 3.05) is 0 Å². The first kappa shape index (κ1) is 14.4. The number of alkyl carbamates (subject to hydrolysis) is 1. The van der Waals surface area contributed by atoms with Crippen LogP contribution < -0.4 is 5.32 Å². The first-order valence-electron chi connectivity index (χ1n) is 6.89. The van der Waals surface area contributed by atoms with E-state index in [2.05, 4.69) is 11.4 Å². The Morgan fingerprint density at radius 2 is 2.15 bits per heavy atom. The zero-order valence-corrected chi connectivity index (χ0v) is 12.2. The largest absolute Gasteiger partial charge is 0.444 e. The van der Waals surface area contributed by atoms with Gasteiger partial charge in [-0.05, 0) is 63.3 Å². The molecular weight excluding hydrogens is 252 g/mol. The van der Waals surface area contributed by atoms with Crippen LogP contribution in [-0.4, -0.2) is 17.7 Å². The molecule has 0 radical (unpaired) electrons. The maximum absolute atomic E-state index is 11.8. The van der Waals surface area contributed by atoms with Crippen molar-refractivity contribution >= 4 is 6.09 Å². The number of carbonyl (C=O) groups is 1. The quantitative estimate of drug-likeness (QED) is 0.855. The highest BCUT2D eigenvalue weighted by Gasteiger charge is 2.23. The van der Waals surface area contributed by atoms with Crippen molar-refractivity contribution < 1.29 is 9.53 Å². The van der Waals surface area contributed by atoms with Gasteiger partial charge >= 0.3 is 6.09 Å². The van der Waals surface area contributed by atoms with Crippen LogP contribution in [0.3, 0.4) is 0 Å². The highest BCUT2D eigenvalue weighted by molar-refractivity contribution is 5.68. The molecule has 1 atom stereocenters. The molecule has 106 valence electrons. The summed E-state index contributed by atoms with van der Waals surface area (Å²) < 4.78 is 5.27. The fourth-order valence-electron chi connectivity index (χ4n) is 2.42. The van der Waals surface area contributed by atoms with Gasteiger partial charge in [-0.2, -0.15) is 5.26 Å². The third-order valence-electron chi connectivity index (χ3n) is 3.28. The number of nitrogens with zero attached hydrogens (tertiary/aromatic N) is 1. The number of aryl methyl sites for hydroxylation is 1. The summed E-state index contributed by atoms with van der Waals surface area (Å²) in [6.07, 6.45) is 2.19. The highest BCUT2D eigenvalue weighted by Crippen LogP contribution is 2.23. The van der Waals surface area contributed by atoms with Crippen LogP contribution in [0.15, 0.2) is 18.2 Å². The number of hydrogen-bond donors (Lipinski definition) is 1. The average Bonchev–Trinajstić information content (AvgIpc) is 2.35. The number of ether oxygens (including phenoxy) is 1. The molecular formula is C16H20N2O2. The summed E-state index contributed by atoms with van der Waals surface area (Å²) in [5.74, 6) is 0. The number of benzene rings is 1. The van der Waals surface area contributed by atoms with Gasteiger partial charge in [0.05, 0.1) is 11.6 Å². The van der Waals surface area contributed by atoms with Crippen LogP contribution in [0.2, 0.25) is 0 Å². The maximum atomic E-state index is 11.8. The molecule has 0 unspecified atom stereocenters. The van der Waals surface area contributed by atoms with E-state index in [4.69, 9.17) is 10.00 Å². The molecule has 0 heterocycles. The first-order chi connectivity index (χ1) is 9.37. The van der Waals surface area contributed by atoms with Crippen LogP contribution in [0, 0.1) is 11.3 Å². The zero-order chi connectivity index (χ0) is 14.8. The number of carbonyl (C=O) groups excluding carboxylic acids is 1. The van der Waals surface area contributed by atoms with Gasteiger partial charge in [-0.15, -0.1) is 0 Å². The zero-order valence-electron chi connectivity index (χ0n) is 12.2. The minimum atomic E-state index is -0.474. The van der Waals surface area contributed by atoms with Crippen molar-refractivity contribution in [1.82, 2.24) is 5.32 Å². The van der Waals surface area contributed by atoms with Crippen LogP contribution in [0.4, 0.5) is 4.79 Å². The molecule has 0 aromatic heterocycles. The van der Waals surface area contributed by atoms with E-state index in [-0.39, 0.29) is 12.1 Å². The smallest absolute Gasteiger partial charge is 0.407 e. The Morgan fingerprint density at radius 3 is 2.80 bits per heavy atom. The molecule has 0 spiro atoms. The van der Waals surface area contributed by atoms with Crippen molar-refractivity contribution in [3.8, 4) is 6.07 Å². The lowest BCUT2D eigenvalue weighted by molar-refractivity contribution is 0.0500. The van der Waals surface area contributed by atoms with Crippen LogP contribution in [0.25, 0.3) is 0 Å². The monoisotopic (exact) mass is 272 g/mol. The van der Waals surface area contributed by atoms with E-state index in [1.807, 2.05) is 39.0 Å². The summed E-state index contributed by atoms with van der Waals surface area (Å²) in [4.78, 5) is 11.8. The first-order valence-corrected chi connectivity index (χ1v) is 6.89. The third-order valence-corrected chi connectivity index (χ3v) is 3.28. The second kappa shape index (κ2) is 5.54. The molecule has 4 heteroatoms. The summed E-state index contributed by atoms with van der Waals surface area (Å²) in [7, 11) is 0.